The zero-order chi connectivity index (χ0) is 20.1. The van der Waals surface area contributed by atoms with Gasteiger partial charge in [-0.2, -0.15) is 0 Å². The van der Waals surface area contributed by atoms with Gasteiger partial charge in [-0.15, -0.1) is 5.10 Å². The molecule has 0 spiro atoms. The van der Waals surface area contributed by atoms with E-state index >= 15 is 0 Å². The molecule has 0 aliphatic heterocycles. The van der Waals surface area contributed by atoms with E-state index < -0.39 is 5.97 Å². The number of benzene rings is 2. The van der Waals surface area contributed by atoms with Crippen molar-refractivity contribution in [2.45, 2.75) is 54.9 Å². The molecule has 1 N–H and O–H groups in total. The predicted molar refractivity (Wildman–Crippen MR) is 114 cm³/mol. The lowest BCUT2D eigenvalue weighted by Gasteiger charge is -2.22. The van der Waals surface area contributed by atoms with Crippen LogP contribution >= 0.6 is 11.8 Å². The van der Waals surface area contributed by atoms with Crippen molar-refractivity contribution in [3.63, 3.8) is 0 Å². The van der Waals surface area contributed by atoms with Gasteiger partial charge in [-0.1, -0.05) is 72.6 Å². The first kappa shape index (κ1) is 19.7. The maximum absolute atomic E-state index is 12.0. The number of nitrogens with zero attached hydrogens (tertiary/aromatic N) is 2. The number of carbonyl (C=O) groups is 1. The van der Waals surface area contributed by atoms with Crippen LogP contribution in [-0.2, 0) is 4.74 Å². The first-order valence-electron chi connectivity index (χ1n) is 10.2. The number of rotatable bonds is 6. The zero-order valence-electron chi connectivity index (χ0n) is 16.6. The first-order chi connectivity index (χ1) is 14.2. The highest BCUT2D eigenvalue weighted by molar-refractivity contribution is 7.99. The summed E-state index contributed by atoms with van der Waals surface area (Å²) < 4.78 is 5.04. The molecular weight excluding hydrogens is 382 g/mol. The van der Waals surface area contributed by atoms with Crippen LogP contribution in [0.2, 0.25) is 0 Å². The minimum atomic E-state index is -0.434. The second kappa shape index (κ2) is 9.27. The Bertz CT molecular complexity index is 962. The number of ether oxygens (including phenoxy) is 1. The molecule has 0 unspecified atom stereocenters. The summed E-state index contributed by atoms with van der Waals surface area (Å²) in [5.41, 5.74) is 4.19. The maximum Gasteiger partial charge on any atom is 0.359 e. The molecule has 29 heavy (non-hydrogen) atoms. The number of esters is 1. The molecule has 0 saturated heterocycles. The van der Waals surface area contributed by atoms with Gasteiger partial charge in [-0.25, -0.2) is 4.79 Å². The van der Waals surface area contributed by atoms with Gasteiger partial charge in [-0.3, -0.25) is 5.10 Å². The van der Waals surface area contributed by atoms with E-state index in [0.717, 1.165) is 4.90 Å². The van der Waals surface area contributed by atoms with E-state index in [2.05, 4.69) is 63.9 Å². The molecule has 3 aromatic rings. The quantitative estimate of drug-likeness (QED) is 0.519. The number of aromatic nitrogens is 3. The van der Waals surface area contributed by atoms with Crippen LogP contribution in [-0.4, -0.2) is 28.0 Å². The molecule has 2 aromatic carbocycles. The average Bonchev–Trinajstić information content (AvgIpc) is 3.23. The number of hydrogen-bond donors (Lipinski definition) is 1. The molecule has 4 rings (SSSR count). The van der Waals surface area contributed by atoms with Crippen LogP contribution in [0.25, 0.3) is 11.1 Å². The van der Waals surface area contributed by atoms with Crippen LogP contribution < -0.4 is 0 Å². The highest BCUT2D eigenvalue weighted by Crippen LogP contribution is 2.35. The topological polar surface area (TPSA) is 67.9 Å². The Morgan fingerprint density at radius 2 is 1.90 bits per heavy atom. The summed E-state index contributed by atoms with van der Waals surface area (Å²) >= 11 is 1.40. The van der Waals surface area contributed by atoms with Crippen LogP contribution in [0.1, 0.15) is 61.0 Å². The fraction of sp³-hybridized carbons (Fsp3) is 0.348. The molecule has 0 amide bonds. The summed E-state index contributed by atoms with van der Waals surface area (Å²) in [5, 5.41) is 10.9. The number of carbonyl (C=O) groups excluding carboxylic acids is 1. The average molecular weight is 408 g/mol. The summed E-state index contributed by atoms with van der Waals surface area (Å²) in [7, 11) is 0. The summed E-state index contributed by atoms with van der Waals surface area (Å²) in [6.07, 6.45) is 6.67. The Labute approximate surface area is 175 Å². The molecule has 5 nitrogen and oxygen atoms in total. The number of hydrogen-bond acceptors (Lipinski definition) is 5. The van der Waals surface area contributed by atoms with Crippen molar-refractivity contribution in [3.8, 4) is 11.1 Å². The molecule has 0 bridgehead atoms. The maximum atomic E-state index is 12.0. The van der Waals surface area contributed by atoms with Crippen LogP contribution in [0.15, 0.2) is 58.5 Å². The summed E-state index contributed by atoms with van der Waals surface area (Å²) in [6.45, 7) is 2.09. The summed E-state index contributed by atoms with van der Waals surface area (Å²) in [6, 6.07) is 17.3. The molecule has 150 valence electrons. The van der Waals surface area contributed by atoms with Gasteiger partial charge >= 0.3 is 5.97 Å². The summed E-state index contributed by atoms with van der Waals surface area (Å²) in [5.74, 6) is 0.267. The van der Waals surface area contributed by atoms with Gasteiger partial charge in [0, 0.05) is 4.90 Å². The van der Waals surface area contributed by atoms with E-state index in [1.165, 1.54) is 60.6 Å². The van der Waals surface area contributed by atoms with E-state index in [0.29, 0.717) is 23.2 Å². The lowest BCUT2D eigenvalue weighted by atomic mass is 9.83. The van der Waals surface area contributed by atoms with Gasteiger partial charge in [0.05, 0.1) is 6.61 Å². The minimum absolute atomic E-state index is 0.293. The van der Waals surface area contributed by atoms with Crippen molar-refractivity contribution in [2.75, 3.05) is 6.61 Å². The van der Waals surface area contributed by atoms with Gasteiger partial charge in [0.15, 0.2) is 10.7 Å². The van der Waals surface area contributed by atoms with Crippen LogP contribution in [0.4, 0.5) is 0 Å². The van der Waals surface area contributed by atoms with Crippen molar-refractivity contribution in [2.24, 2.45) is 0 Å². The smallest absolute Gasteiger partial charge is 0.359 e. The predicted octanol–water partition coefficient (Wildman–Crippen LogP) is 5.85. The zero-order valence-corrected chi connectivity index (χ0v) is 17.4. The second-order valence-electron chi connectivity index (χ2n) is 7.30. The third-order valence-electron chi connectivity index (χ3n) is 5.36. The second-order valence-corrected chi connectivity index (χ2v) is 8.36. The molecule has 0 radical (unpaired) electrons. The van der Waals surface area contributed by atoms with Crippen molar-refractivity contribution in [1.82, 2.24) is 15.4 Å². The Morgan fingerprint density at radius 1 is 1.10 bits per heavy atom. The van der Waals surface area contributed by atoms with Crippen LogP contribution in [0.5, 0.6) is 0 Å². The van der Waals surface area contributed by atoms with Crippen molar-refractivity contribution in [3.05, 3.63) is 59.8 Å². The highest BCUT2D eigenvalue weighted by atomic mass is 32.2. The first-order valence-corrected chi connectivity index (χ1v) is 11.0. The molecule has 1 aliphatic rings. The standard InChI is InChI=1S/C23H25N3O2S/c1-2-28-23(27)21-22(25-26-24-21)29-20-13-11-17(12-14-20)19-10-6-9-18(15-19)16-7-4-3-5-8-16/h6,9-16H,2-5,7-8H2,1H3,(H,24,25,26). The molecule has 1 aliphatic carbocycles. The lowest BCUT2D eigenvalue weighted by Crippen LogP contribution is -2.06. The van der Waals surface area contributed by atoms with Crippen molar-refractivity contribution < 1.29 is 9.53 Å². The van der Waals surface area contributed by atoms with Gasteiger partial charge in [0.1, 0.15) is 0 Å². The van der Waals surface area contributed by atoms with Crippen molar-refractivity contribution in [1.29, 1.82) is 0 Å². The van der Waals surface area contributed by atoms with E-state index in [1.54, 1.807) is 6.92 Å². The number of nitrogens with one attached hydrogen (secondary N) is 1. The van der Waals surface area contributed by atoms with Gasteiger partial charge in [0.2, 0.25) is 0 Å². The van der Waals surface area contributed by atoms with E-state index in [4.69, 9.17) is 4.74 Å². The molecule has 1 heterocycles. The molecule has 1 saturated carbocycles. The van der Waals surface area contributed by atoms with Gasteiger partial charge < -0.3 is 4.74 Å². The largest absolute Gasteiger partial charge is 0.461 e. The fourth-order valence-corrected chi connectivity index (χ4v) is 4.67. The van der Waals surface area contributed by atoms with Crippen molar-refractivity contribution >= 4 is 17.7 Å². The lowest BCUT2D eigenvalue weighted by molar-refractivity contribution is 0.0515. The SMILES string of the molecule is CCOC(=O)c1[nH]nnc1Sc1ccc(-c2cccc(C3CCCCC3)c2)cc1. The van der Waals surface area contributed by atoms with Gasteiger partial charge in [0.25, 0.3) is 0 Å². The highest BCUT2D eigenvalue weighted by Gasteiger charge is 2.18. The number of H-pyrrole nitrogens is 1. The van der Waals surface area contributed by atoms with E-state index in [9.17, 15) is 4.79 Å². The number of aromatic amines is 1. The molecule has 6 heteroatoms. The molecule has 0 atom stereocenters. The van der Waals surface area contributed by atoms with Gasteiger partial charge in [-0.05, 0) is 54.5 Å². The Balaban J connectivity index is 1.49. The fourth-order valence-electron chi connectivity index (χ4n) is 3.86. The third-order valence-corrected chi connectivity index (χ3v) is 6.35. The third kappa shape index (κ3) is 4.70. The van der Waals surface area contributed by atoms with Crippen LogP contribution in [0.3, 0.4) is 0 Å². The van der Waals surface area contributed by atoms with E-state index in [-0.39, 0.29) is 0 Å². The summed E-state index contributed by atoms with van der Waals surface area (Å²) in [4.78, 5) is 13.0. The van der Waals surface area contributed by atoms with E-state index in [1.807, 2.05) is 0 Å². The Morgan fingerprint density at radius 3 is 2.66 bits per heavy atom. The minimum Gasteiger partial charge on any atom is -0.461 e. The monoisotopic (exact) mass is 407 g/mol. The van der Waals surface area contributed by atoms with Crippen LogP contribution in [0, 0.1) is 0 Å². The molecule has 1 fully saturated rings. The Kier molecular flexibility index (Phi) is 6.30. The normalized spacial score (nSPS) is 14.7. The molecular formula is C23H25N3O2S. The molecule has 1 aromatic heterocycles. The Hall–Kier alpha value is -2.60.